The summed E-state index contributed by atoms with van der Waals surface area (Å²) in [6, 6.07) is 10.6. The van der Waals surface area contributed by atoms with Gasteiger partial charge in [-0.15, -0.1) is 0 Å². The summed E-state index contributed by atoms with van der Waals surface area (Å²) >= 11 is 5.95. The summed E-state index contributed by atoms with van der Waals surface area (Å²) in [7, 11) is 0. The molecule has 30 heavy (non-hydrogen) atoms. The van der Waals surface area contributed by atoms with Crippen LogP contribution in [0, 0.1) is 11.7 Å². The predicted molar refractivity (Wildman–Crippen MR) is 113 cm³/mol. The van der Waals surface area contributed by atoms with Gasteiger partial charge in [-0.05, 0) is 48.2 Å². The van der Waals surface area contributed by atoms with Crippen LogP contribution >= 0.6 is 11.6 Å². The fourth-order valence-corrected chi connectivity index (χ4v) is 3.70. The van der Waals surface area contributed by atoms with E-state index in [-0.39, 0.29) is 22.4 Å². The van der Waals surface area contributed by atoms with Gasteiger partial charge in [-0.3, -0.25) is 4.79 Å². The van der Waals surface area contributed by atoms with Crippen molar-refractivity contribution in [2.24, 2.45) is 5.92 Å². The zero-order valence-electron chi connectivity index (χ0n) is 16.4. The van der Waals surface area contributed by atoms with Crippen LogP contribution in [0.15, 0.2) is 48.2 Å². The molecule has 1 aliphatic carbocycles. The van der Waals surface area contributed by atoms with Gasteiger partial charge in [0.15, 0.2) is 11.6 Å². The van der Waals surface area contributed by atoms with Crippen molar-refractivity contribution in [3.63, 3.8) is 0 Å². The molecule has 0 aromatic heterocycles. The average Bonchev–Trinajstić information content (AvgIpc) is 3.23. The molecule has 0 atom stereocenters. The first-order valence-corrected chi connectivity index (χ1v) is 10.3. The highest BCUT2D eigenvalue weighted by Crippen LogP contribution is 2.32. The van der Waals surface area contributed by atoms with E-state index in [4.69, 9.17) is 16.3 Å². The third-order valence-electron chi connectivity index (χ3n) is 5.09. The van der Waals surface area contributed by atoms with Crippen molar-refractivity contribution in [3.8, 4) is 11.5 Å². The number of carboxylic acids is 1. The molecule has 2 aromatic rings. The Bertz CT molecular complexity index is 916. The summed E-state index contributed by atoms with van der Waals surface area (Å²) in [6.45, 7) is 0. The largest absolute Gasteiger partial charge is 0.477 e. The topological polar surface area (TPSA) is 75.6 Å². The quantitative estimate of drug-likeness (QED) is 0.519. The lowest BCUT2D eigenvalue weighted by atomic mass is 10.0. The van der Waals surface area contributed by atoms with Gasteiger partial charge in [0.2, 0.25) is 5.91 Å². The summed E-state index contributed by atoms with van der Waals surface area (Å²) in [6.07, 6.45) is 7.15. The Hall–Kier alpha value is -2.86. The lowest BCUT2D eigenvalue weighted by Gasteiger charge is -2.10. The van der Waals surface area contributed by atoms with Crippen LogP contribution in [0.2, 0.25) is 5.02 Å². The molecule has 0 heterocycles. The molecule has 2 aromatic carbocycles. The van der Waals surface area contributed by atoms with Gasteiger partial charge in [-0.2, -0.15) is 0 Å². The number of para-hydroxylation sites is 1. The van der Waals surface area contributed by atoms with Crippen molar-refractivity contribution in [2.75, 3.05) is 0 Å². The number of benzene rings is 2. The second-order valence-electron chi connectivity index (χ2n) is 7.32. The number of amides is 1. The zero-order chi connectivity index (χ0) is 21.5. The zero-order valence-corrected chi connectivity index (χ0v) is 17.1. The van der Waals surface area contributed by atoms with E-state index in [1.807, 2.05) is 0 Å². The minimum Gasteiger partial charge on any atom is -0.477 e. The van der Waals surface area contributed by atoms with Gasteiger partial charge in [0, 0.05) is 6.42 Å². The van der Waals surface area contributed by atoms with Crippen LogP contribution in [0.1, 0.15) is 44.1 Å². The van der Waals surface area contributed by atoms with E-state index in [9.17, 15) is 19.1 Å². The Kier molecular flexibility index (Phi) is 7.46. The van der Waals surface area contributed by atoms with Crippen molar-refractivity contribution < 1.29 is 23.8 Å². The van der Waals surface area contributed by atoms with E-state index >= 15 is 0 Å². The smallest absolute Gasteiger partial charge is 0.352 e. The summed E-state index contributed by atoms with van der Waals surface area (Å²) in [4.78, 5) is 23.7. The Labute approximate surface area is 179 Å². The van der Waals surface area contributed by atoms with Crippen LogP contribution in [0.5, 0.6) is 11.5 Å². The fraction of sp³-hybridized carbons (Fsp3) is 0.304. The first-order chi connectivity index (χ1) is 14.4. The molecule has 5 nitrogen and oxygen atoms in total. The third-order valence-corrected chi connectivity index (χ3v) is 5.39. The molecule has 1 saturated carbocycles. The van der Waals surface area contributed by atoms with Gasteiger partial charge in [-0.25, -0.2) is 9.18 Å². The molecule has 1 amide bonds. The van der Waals surface area contributed by atoms with Crippen LogP contribution in [0.3, 0.4) is 0 Å². The molecule has 1 aliphatic rings. The molecule has 0 spiro atoms. The molecule has 0 radical (unpaired) electrons. The maximum absolute atomic E-state index is 13.8. The van der Waals surface area contributed by atoms with Crippen molar-refractivity contribution in [1.82, 2.24) is 5.32 Å². The van der Waals surface area contributed by atoms with Crippen molar-refractivity contribution in [2.45, 2.75) is 38.5 Å². The Morgan fingerprint density at radius 1 is 1.17 bits per heavy atom. The monoisotopic (exact) mass is 431 g/mol. The Balaban J connectivity index is 1.63. The number of aliphatic carboxylic acids is 1. The van der Waals surface area contributed by atoms with Crippen LogP contribution in [0.25, 0.3) is 6.08 Å². The second-order valence-corrected chi connectivity index (χ2v) is 7.73. The number of hydrogen-bond acceptors (Lipinski definition) is 3. The normalized spacial score (nSPS) is 14.5. The van der Waals surface area contributed by atoms with Gasteiger partial charge in [0.1, 0.15) is 11.4 Å². The van der Waals surface area contributed by atoms with Gasteiger partial charge in [0.25, 0.3) is 0 Å². The van der Waals surface area contributed by atoms with Crippen LogP contribution in [0.4, 0.5) is 4.39 Å². The van der Waals surface area contributed by atoms with Crippen molar-refractivity contribution >= 4 is 29.6 Å². The molecule has 3 rings (SSSR count). The fourth-order valence-electron chi connectivity index (χ4n) is 3.49. The molecule has 0 aliphatic heterocycles. The number of nitrogens with one attached hydrogen (secondary N) is 1. The first-order valence-electron chi connectivity index (χ1n) is 9.89. The summed E-state index contributed by atoms with van der Waals surface area (Å²) < 4.78 is 19.3. The van der Waals surface area contributed by atoms with Crippen LogP contribution in [-0.2, 0) is 9.59 Å². The lowest BCUT2D eigenvalue weighted by Crippen LogP contribution is -2.27. The van der Waals surface area contributed by atoms with E-state index < -0.39 is 11.8 Å². The van der Waals surface area contributed by atoms with E-state index in [1.165, 1.54) is 37.1 Å². The SMILES string of the molecule is O=C(CCC1CCCC1)NC(=Cc1ccc(Oc2c(F)cccc2Cl)cc1)C(=O)O. The molecular weight excluding hydrogens is 409 g/mol. The number of carbonyl (C=O) groups excluding carboxylic acids is 1. The highest BCUT2D eigenvalue weighted by atomic mass is 35.5. The maximum atomic E-state index is 13.8. The van der Waals surface area contributed by atoms with Gasteiger partial charge in [0.05, 0.1) is 5.02 Å². The molecule has 1 fully saturated rings. The average molecular weight is 432 g/mol. The Morgan fingerprint density at radius 2 is 1.87 bits per heavy atom. The van der Waals surface area contributed by atoms with Crippen molar-refractivity contribution in [1.29, 1.82) is 0 Å². The number of halogens is 2. The summed E-state index contributed by atoms with van der Waals surface area (Å²) in [5.41, 5.74) is 0.354. The third kappa shape index (κ3) is 6.07. The maximum Gasteiger partial charge on any atom is 0.352 e. The first kappa shape index (κ1) is 21.8. The van der Waals surface area contributed by atoms with E-state index in [2.05, 4.69) is 5.32 Å². The number of carbonyl (C=O) groups is 2. The highest BCUT2D eigenvalue weighted by Gasteiger charge is 2.18. The molecular formula is C23H23ClFNO4. The second kappa shape index (κ2) is 10.3. The minimum atomic E-state index is -1.22. The molecule has 0 unspecified atom stereocenters. The standard InChI is InChI=1S/C23H23ClFNO4/c24-18-6-3-7-19(25)22(18)30-17-11-8-16(9-12-17)14-20(23(28)29)26-21(27)13-10-15-4-1-2-5-15/h3,6-9,11-12,14-15H,1-2,4-5,10,13H2,(H,26,27)(H,28,29). The van der Waals surface area contributed by atoms with E-state index in [0.29, 0.717) is 23.7 Å². The lowest BCUT2D eigenvalue weighted by molar-refractivity contribution is -0.134. The van der Waals surface area contributed by atoms with Gasteiger partial charge in [-0.1, -0.05) is 55.5 Å². The molecule has 7 heteroatoms. The number of hydrogen-bond donors (Lipinski definition) is 2. The molecule has 158 valence electrons. The summed E-state index contributed by atoms with van der Waals surface area (Å²) in [5.74, 6) is -1.28. The summed E-state index contributed by atoms with van der Waals surface area (Å²) in [5, 5.41) is 12.0. The van der Waals surface area contributed by atoms with Crippen molar-refractivity contribution in [3.05, 3.63) is 64.6 Å². The van der Waals surface area contributed by atoms with E-state index in [1.54, 1.807) is 24.3 Å². The van der Waals surface area contributed by atoms with Gasteiger partial charge < -0.3 is 15.2 Å². The van der Waals surface area contributed by atoms with Gasteiger partial charge >= 0.3 is 5.97 Å². The number of carboxylic acid groups (broad SMARTS) is 1. The van der Waals surface area contributed by atoms with Crippen LogP contribution < -0.4 is 10.1 Å². The van der Waals surface area contributed by atoms with E-state index in [0.717, 1.165) is 19.3 Å². The minimum absolute atomic E-state index is 0.0804. The molecule has 0 saturated heterocycles. The predicted octanol–water partition coefficient (Wildman–Crippen LogP) is 5.78. The Morgan fingerprint density at radius 3 is 2.50 bits per heavy atom. The number of ether oxygens (including phenoxy) is 1. The highest BCUT2D eigenvalue weighted by molar-refractivity contribution is 6.32. The number of rotatable bonds is 8. The molecule has 2 N–H and O–H groups in total. The molecule has 0 bridgehead atoms. The van der Waals surface area contributed by atoms with Crippen LogP contribution in [-0.4, -0.2) is 17.0 Å².